The highest BCUT2D eigenvalue weighted by Crippen LogP contribution is 2.46. The molecule has 0 radical (unpaired) electrons. The molecular weight excluding hydrogens is 506 g/mol. The maximum atomic E-state index is 5.13. The molecule has 0 aliphatic heterocycles. The first-order valence-electron chi connectivity index (χ1n) is 13.5. The number of thiophene rings is 1. The monoisotopic (exact) mass is 525 g/mol. The van der Waals surface area contributed by atoms with Crippen molar-refractivity contribution in [3.63, 3.8) is 0 Å². The number of aromatic nitrogens is 3. The van der Waals surface area contributed by atoms with Crippen LogP contribution >= 0.6 is 11.3 Å². The maximum Gasteiger partial charge on any atom is 0.165 e. The van der Waals surface area contributed by atoms with Crippen LogP contribution in [0.3, 0.4) is 0 Å². The van der Waals surface area contributed by atoms with Crippen LogP contribution in [0.4, 0.5) is 0 Å². The predicted octanol–water partition coefficient (Wildman–Crippen LogP) is 9.97. The fraction of sp³-hybridized carbons (Fsp3) is 0. The molecule has 10 aromatic rings. The number of hydrogen-bond acceptors (Lipinski definition) is 3. The highest BCUT2D eigenvalue weighted by molar-refractivity contribution is 7.26. The first-order chi connectivity index (χ1) is 19.8. The fourth-order valence-electron chi connectivity index (χ4n) is 6.71. The third kappa shape index (κ3) is 2.59. The predicted molar refractivity (Wildman–Crippen MR) is 170 cm³/mol. The van der Waals surface area contributed by atoms with Gasteiger partial charge in [0.1, 0.15) is 5.52 Å². The second kappa shape index (κ2) is 7.32. The van der Waals surface area contributed by atoms with Crippen LogP contribution in [0.5, 0.6) is 0 Å². The lowest BCUT2D eigenvalue weighted by molar-refractivity contribution is 1.28. The largest absolute Gasteiger partial charge is 0.291 e. The Bertz CT molecular complexity index is 2660. The molecule has 4 aromatic heterocycles. The van der Waals surface area contributed by atoms with Gasteiger partial charge in [0.25, 0.3) is 0 Å². The van der Waals surface area contributed by atoms with Crippen LogP contribution in [0.1, 0.15) is 0 Å². The van der Waals surface area contributed by atoms with Crippen LogP contribution in [0.25, 0.3) is 91.5 Å². The van der Waals surface area contributed by atoms with Crippen molar-refractivity contribution in [1.29, 1.82) is 0 Å². The highest BCUT2D eigenvalue weighted by atomic mass is 32.1. The molecule has 0 bridgehead atoms. The topological polar surface area (TPSA) is 30.2 Å². The molecule has 0 aliphatic rings. The van der Waals surface area contributed by atoms with E-state index < -0.39 is 0 Å². The zero-order valence-corrected chi connectivity index (χ0v) is 22.0. The Labute approximate surface area is 231 Å². The molecule has 0 saturated carbocycles. The highest BCUT2D eigenvalue weighted by Gasteiger charge is 2.22. The number of nitrogens with zero attached hydrogens (tertiary/aromatic N) is 3. The van der Waals surface area contributed by atoms with E-state index >= 15 is 0 Å². The molecule has 184 valence electrons. The number of rotatable bonds is 1. The summed E-state index contributed by atoms with van der Waals surface area (Å²) in [7, 11) is 0. The quantitative estimate of drug-likeness (QED) is 0.213. The van der Waals surface area contributed by atoms with E-state index in [1.165, 1.54) is 63.9 Å². The second-order valence-corrected chi connectivity index (χ2v) is 11.7. The van der Waals surface area contributed by atoms with Crippen LogP contribution in [0, 0.1) is 0 Å². The van der Waals surface area contributed by atoms with Crippen molar-refractivity contribution in [2.75, 3.05) is 0 Å². The Morgan fingerprint density at radius 1 is 0.525 bits per heavy atom. The third-order valence-electron chi connectivity index (χ3n) is 8.49. The van der Waals surface area contributed by atoms with Gasteiger partial charge in [-0.05, 0) is 64.4 Å². The molecule has 10 rings (SSSR count). The molecule has 0 N–H and O–H groups in total. The Kier molecular flexibility index (Phi) is 3.81. The van der Waals surface area contributed by atoms with E-state index in [9.17, 15) is 0 Å². The summed E-state index contributed by atoms with van der Waals surface area (Å²) in [5, 5.41) is 8.90. The SMILES string of the molecule is c1ccc2cc(-c3ccc4sc5ccc6c(c7cccc8c9nc%10ccccc%10nc9n6c87)c5c4c3)ccc2c1. The molecule has 0 aliphatic carbocycles. The number of para-hydroxylation sites is 3. The second-order valence-electron chi connectivity index (χ2n) is 10.6. The summed E-state index contributed by atoms with van der Waals surface area (Å²) in [5.74, 6) is 0. The molecule has 4 heterocycles. The molecule has 40 heavy (non-hydrogen) atoms. The van der Waals surface area contributed by atoms with Crippen molar-refractivity contribution in [2.24, 2.45) is 0 Å². The molecular formula is C36H19N3S. The van der Waals surface area contributed by atoms with Crippen LogP contribution in [-0.2, 0) is 0 Å². The number of hydrogen-bond donors (Lipinski definition) is 0. The Hall–Kier alpha value is -5.06. The van der Waals surface area contributed by atoms with Gasteiger partial charge in [-0.1, -0.05) is 72.8 Å². The molecule has 0 atom stereocenters. The van der Waals surface area contributed by atoms with Crippen molar-refractivity contribution < 1.29 is 0 Å². The zero-order chi connectivity index (χ0) is 25.9. The minimum Gasteiger partial charge on any atom is -0.291 e. The summed E-state index contributed by atoms with van der Waals surface area (Å²) in [6.07, 6.45) is 0. The smallest absolute Gasteiger partial charge is 0.165 e. The normalized spacial score (nSPS) is 12.5. The summed E-state index contributed by atoms with van der Waals surface area (Å²) in [4.78, 5) is 10.2. The van der Waals surface area contributed by atoms with E-state index in [4.69, 9.17) is 9.97 Å². The van der Waals surface area contributed by atoms with Crippen LogP contribution < -0.4 is 0 Å². The van der Waals surface area contributed by atoms with Crippen molar-refractivity contribution >= 4 is 91.7 Å². The van der Waals surface area contributed by atoms with Crippen molar-refractivity contribution in [1.82, 2.24) is 14.4 Å². The van der Waals surface area contributed by atoms with Gasteiger partial charge < -0.3 is 0 Å². The van der Waals surface area contributed by atoms with Gasteiger partial charge in [-0.25, -0.2) is 9.97 Å². The first-order valence-corrected chi connectivity index (χ1v) is 14.3. The summed E-state index contributed by atoms with van der Waals surface area (Å²) in [6.45, 7) is 0. The Morgan fingerprint density at radius 2 is 1.27 bits per heavy atom. The summed E-state index contributed by atoms with van der Waals surface area (Å²) < 4.78 is 4.96. The van der Waals surface area contributed by atoms with Crippen LogP contribution in [0.15, 0.2) is 115 Å². The minimum absolute atomic E-state index is 0.922. The lowest BCUT2D eigenvalue weighted by Crippen LogP contribution is -1.88. The van der Waals surface area contributed by atoms with Crippen LogP contribution in [0.2, 0.25) is 0 Å². The lowest BCUT2D eigenvalue weighted by atomic mass is 9.98. The molecule has 0 amide bonds. The van der Waals surface area contributed by atoms with E-state index in [0.29, 0.717) is 0 Å². The van der Waals surface area contributed by atoms with E-state index in [2.05, 4.69) is 95.4 Å². The Morgan fingerprint density at radius 3 is 2.20 bits per heavy atom. The zero-order valence-electron chi connectivity index (χ0n) is 21.2. The number of benzene rings is 6. The lowest BCUT2D eigenvalue weighted by Gasteiger charge is -2.05. The van der Waals surface area contributed by atoms with Gasteiger partial charge in [-0.2, -0.15) is 0 Å². The molecule has 6 aromatic carbocycles. The summed E-state index contributed by atoms with van der Waals surface area (Å²) in [6, 6.07) is 41.6. The molecule has 0 saturated heterocycles. The molecule has 0 unspecified atom stereocenters. The van der Waals surface area contributed by atoms with Gasteiger partial charge in [0.05, 0.1) is 22.1 Å². The van der Waals surface area contributed by atoms with Gasteiger partial charge in [-0.3, -0.25) is 4.40 Å². The fourth-order valence-corrected chi connectivity index (χ4v) is 7.80. The van der Waals surface area contributed by atoms with E-state index in [1.807, 2.05) is 35.6 Å². The third-order valence-corrected chi connectivity index (χ3v) is 9.62. The van der Waals surface area contributed by atoms with Gasteiger partial charge in [0, 0.05) is 36.3 Å². The van der Waals surface area contributed by atoms with Crippen molar-refractivity contribution in [3.8, 4) is 11.1 Å². The van der Waals surface area contributed by atoms with Gasteiger partial charge in [-0.15, -0.1) is 11.3 Å². The van der Waals surface area contributed by atoms with E-state index in [-0.39, 0.29) is 0 Å². The average Bonchev–Trinajstić information content (AvgIpc) is 3.65. The maximum absolute atomic E-state index is 5.13. The molecule has 0 fully saturated rings. The first kappa shape index (κ1) is 20.8. The van der Waals surface area contributed by atoms with Crippen molar-refractivity contribution in [2.45, 2.75) is 0 Å². The van der Waals surface area contributed by atoms with Gasteiger partial charge in [0.2, 0.25) is 0 Å². The molecule has 3 nitrogen and oxygen atoms in total. The average molecular weight is 526 g/mol. The van der Waals surface area contributed by atoms with E-state index in [1.54, 1.807) is 0 Å². The van der Waals surface area contributed by atoms with E-state index in [0.717, 1.165) is 27.6 Å². The Balaban J connectivity index is 1.34. The number of fused-ring (bicyclic) bond motifs is 12. The summed E-state index contributed by atoms with van der Waals surface area (Å²) in [5.41, 5.74) is 8.63. The summed E-state index contributed by atoms with van der Waals surface area (Å²) >= 11 is 1.87. The minimum atomic E-state index is 0.922. The van der Waals surface area contributed by atoms with Gasteiger partial charge >= 0.3 is 0 Å². The standard InChI is InChI=1S/C36H19N3S/c1-2-7-21-18-22(13-12-20(21)6-1)23-14-16-30-26(19-23)33-31(40-30)17-15-29-32(33)24-8-5-9-25-34-36(39(29)35(24)25)38-28-11-4-3-10-27(28)37-34/h1-19H. The molecule has 4 heteroatoms. The van der Waals surface area contributed by atoms with Crippen molar-refractivity contribution in [3.05, 3.63) is 115 Å². The molecule has 0 spiro atoms. The van der Waals surface area contributed by atoms with Crippen LogP contribution in [-0.4, -0.2) is 14.4 Å². The van der Waals surface area contributed by atoms with Gasteiger partial charge in [0.15, 0.2) is 5.65 Å².